The lowest BCUT2D eigenvalue weighted by Gasteiger charge is -2.15. The molecule has 88 valence electrons. The fourth-order valence-corrected chi connectivity index (χ4v) is 3.32. The molecule has 16 heavy (non-hydrogen) atoms. The number of nitrogen functional groups attached to an aromatic ring is 1. The topological polar surface area (TPSA) is 83.6 Å². The molecule has 0 bridgehead atoms. The fraction of sp³-hybridized carbons (Fsp3) is 0.400. The Balaban J connectivity index is 2.39. The van der Waals surface area contributed by atoms with Crippen molar-refractivity contribution in [2.45, 2.75) is 17.7 Å². The number of anilines is 1. The van der Waals surface area contributed by atoms with Gasteiger partial charge < -0.3 is 10.8 Å². The first-order chi connectivity index (χ1) is 7.51. The summed E-state index contributed by atoms with van der Waals surface area (Å²) in [7, 11) is -3.44. The molecule has 1 aliphatic heterocycles. The van der Waals surface area contributed by atoms with Crippen molar-refractivity contribution in [2.24, 2.45) is 0 Å². The molecule has 0 unspecified atom stereocenters. The molecule has 3 N–H and O–H groups in total. The molecule has 0 amide bonds. The Morgan fingerprint density at radius 1 is 1.25 bits per heavy atom. The maximum atomic E-state index is 12.1. The van der Waals surface area contributed by atoms with E-state index in [4.69, 9.17) is 5.73 Å². The van der Waals surface area contributed by atoms with Crippen LogP contribution in [-0.4, -0.2) is 30.9 Å². The predicted molar refractivity (Wildman–Crippen MR) is 60.5 cm³/mol. The zero-order valence-corrected chi connectivity index (χ0v) is 9.57. The Kier molecular flexibility index (Phi) is 2.77. The molecule has 1 saturated heterocycles. The monoisotopic (exact) mass is 242 g/mol. The first-order valence-electron chi connectivity index (χ1n) is 5.10. The lowest BCUT2D eigenvalue weighted by atomic mass is 10.3. The summed E-state index contributed by atoms with van der Waals surface area (Å²) in [6, 6.07) is 3.97. The van der Waals surface area contributed by atoms with E-state index in [9.17, 15) is 13.5 Å². The van der Waals surface area contributed by atoms with Crippen LogP contribution in [0.15, 0.2) is 23.1 Å². The summed E-state index contributed by atoms with van der Waals surface area (Å²) in [5.41, 5.74) is 5.57. The van der Waals surface area contributed by atoms with Crippen molar-refractivity contribution >= 4 is 15.7 Å². The van der Waals surface area contributed by atoms with Crippen LogP contribution >= 0.6 is 0 Å². The molecule has 1 heterocycles. The highest BCUT2D eigenvalue weighted by Gasteiger charge is 2.27. The third-order valence-electron chi connectivity index (χ3n) is 2.70. The molecule has 0 atom stereocenters. The number of benzene rings is 1. The van der Waals surface area contributed by atoms with E-state index < -0.39 is 10.0 Å². The molecule has 0 aliphatic carbocycles. The van der Waals surface area contributed by atoms with Crippen LogP contribution in [-0.2, 0) is 10.0 Å². The van der Waals surface area contributed by atoms with E-state index in [0.717, 1.165) is 12.8 Å². The summed E-state index contributed by atoms with van der Waals surface area (Å²) in [6.45, 7) is 1.12. The number of hydrogen-bond donors (Lipinski definition) is 2. The molecular formula is C10H14N2O3S. The van der Waals surface area contributed by atoms with Crippen molar-refractivity contribution in [2.75, 3.05) is 18.8 Å². The molecule has 6 heteroatoms. The second kappa shape index (κ2) is 3.95. The lowest BCUT2D eigenvalue weighted by molar-refractivity contribution is 0.473. The van der Waals surface area contributed by atoms with Gasteiger partial charge in [-0.15, -0.1) is 0 Å². The Hall–Kier alpha value is -1.27. The molecule has 0 saturated carbocycles. The van der Waals surface area contributed by atoms with E-state index in [-0.39, 0.29) is 16.3 Å². The van der Waals surface area contributed by atoms with E-state index >= 15 is 0 Å². The van der Waals surface area contributed by atoms with Gasteiger partial charge in [-0.2, -0.15) is 4.31 Å². The summed E-state index contributed by atoms with van der Waals surface area (Å²) in [4.78, 5) is 0.143. The number of phenolic OH excluding ortho intramolecular Hbond substituents is 1. The Bertz CT molecular complexity index is 493. The van der Waals surface area contributed by atoms with Crippen LogP contribution in [0, 0.1) is 0 Å². The molecule has 1 aliphatic rings. The average Bonchev–Trinajstić information content (AvgIpc) is 2.75. The molecule has 1 fully saturated rings. The summed E-state index contributed by atoms with van der Waals surface area (Å²) in [6.07, 6.45) is 1.79. The largest absolute Gasteiger partial charge is 0.506 e. The third kappa shape index (κ3) is 1.85. The zero-order chi connectivity index (χ0) is 11.8. The van der Waals surface area contributed by atoms with Gasteiger partial charge in [0.2, 0.25) is 10.0 Å². The average molecular weight is 242 g/mol. The van der Waals surface area contributed by atoms with Crippen LogP contribution in [0.1, 0.15) is 12.8 Å². The van der Waals surface area contributed by atoms with E-state index in [2.05, 4.69) is 0 Å². The van der Waals surface area contributed by atoms with E-state index in [1.807, 2.05) is 0 Å². The fourth-order valence-electron chi connectivity index (χ4n) is 1.77. The summed E-state index contributed by atoms with van der Waals surface area (Å²) < 4.78 is 25.6. The molecule has 0 spiro atoms. The number of aromatic hydroxyl groups is 1. The molecular weight excluding hydrogens is 228 g/mol. The van der Waals surface area contributed by atoms with Crippen LogP contribution < -0.4 is 5.73 Å². The highest BCUT2D eigenvalue weighted by Crippen LogP contribution is 2.26. The maximum Gasteiger partial charge on any atom is 0.243 e. The van der Waals surface area contributed by atoms with Crippen LogP contribution in [0.5, 0.6) is 5.75 Å². The quantitative estimate of drug-likeness (QED) is 0.592. The van der Waals surface area contributed by atoms with Gasteiger partial charge in [-0.25, -0.2) is 8.42 Å². The summed E-state index contributed by atoms with van der Waals surface area (Å²) in [5.74, 6) is -0.0969. The van der Waals surface area contributed by atoms with Gasteiger partial charge in [0.1, 0.15) is 5.75 Å². The van der Waals surface area contributed by atoms with Gasteiger partial charge in [0.05, 0.1) is 10.6 Å². The van der Waals surface area contributed by atoms with Gasteiger partial charge in [0, 0.05) is 13.1 Å². The number of sulfonamides is 1. The van der Waals surface area contributed by atoms with Gasteiger partial charge in [0.15, 0.2) is 0 Å². The van der Waals surface area contributed by atoms with E-state index in [1.165, 1.54) is 22.5 Å². The van der Waals surface area contributed by atoms with Crippen molar-refractivity contribution in [3.63, 3.8) is 0 Å². The molecule has 1 aromatic carbocycles. The van der Waals surface area contributed by atoms with Crippen molar-refractivity contribution < 1.29 is 13.5 Å². The highest BCUT2D eigenvalue weighted by atomic mass is 32.2. The Morgan fingerprint density at radius 2 is 1.88 bits per heavy atom. The minimum Gasteiger partial charge on any atom is -0.506 e. The van der Waals surface area contributed by atoms with Gasteiger partial charge in [-0.05, 0) is 31.0 Å². The number of hydrogen-bond acceptors (Lipinski definition) is 4. The first kappa shape index (κ1) is 11.2. The maximum absolute atomic E-state index is 12.1. The molecule has 0 radical (unpaired) electrons. The van der Waals surface area contributed by atoms with Gasteiger partial charge in [0.25, 0.3) is 0 Å². The first-order valence-corrected chi connectivity index (χ1v) is 6.54. The lowest BCUT2D eigenvalue weighted by Crippen LogP contribution is -2.27. The Labute approximate surface area is 94.5 Å². The number of rotatable bonds is 2. The second-order valence-electron chi connectivity index (χ2n) is 3.83. The standard InChI is InChI=1S/C10H14N2O3S/c11-9-7-8(3-4-10(9)13)16(14,15)12-5-1-2-6-12/h3-4,7,13H,1-2,5-6,11H2. The minimum atomic E-state index is -3.44. The van der Waals surface area contributed by atoms with Gasteiger partial charge in [-0.1, -0.05) is 0 Å². The third-order valence-corrected chi connectivity index (χ3v) is 4.60. The molecule has 5 nitrogen and oxygen atoms in total. The SMILES string of the molecule is Nc1cc(S(=O)(=O)N2CCCC2)ccc1O. The Morgan fingerprint density at radius 3 is 2.44 bits per heavy atom. The van der Waals surface area contributed by atoms with Crippen molar-refractivity contribution in [3.8, 4) is 5.75 Å². The van der Waals surface area contributed by atoms with Crippen molar-refractivity contribution in [1.29, 1.82) is 0 Å². The zero-order valence-electron chi connectivity index (χ0n) is 8.76. The number of phenols is 1. The minimum absolute atomic E-state index is 0.0836. The van der Waals surface area contributed by atoms with Gasteiger partial charge in [-0.3, -0.25) is 0 Å². The van der Waals surface area contributed by atoms with Crippen LogP contribution in [0.3, 0.4) is 0 Å². The van der Waals surface area contributed by atoms with Gasteiger partial charge >= 0.3 is 0 Å². The predicted octanol–water partition coefficient (Wildman–Crippen LogP) is 0.759. The summed E-state index contributed by atoms with van der Waals surface area (Å²) >= 11 is 0. The number of nitrogens with zero attached hydrogens (tertiary/aromatic N) is 1. The van der Waals surface area contributed by atoms with Crippen molar-refractivity contribution in [3.05, 3.63) is 18.2 Å². The van der Waals surface area contributed by atoms with Crippen LogP contribution in [0.4, 0.5) is 5.69 Å². The smallest absolute Gasteiger partial charge is 0.243 e. The molecule has 1 aromatic rings. The molecule has 0 aromatic heterocycles. The molecule has 2 rings (SSSR count). The van der Waals surface area contributed by atoms with Crippen molar-refractivity contribution in [1.82, 2.24) is 4.31 Å². The van der Waals surface area contributed by atoms with E-state index in [1.54, 1.807) is 0 Å². The van der Waals surface area contributed by atoms with Crippen LogP contribution in [0.2, 0.25) is 0 Å². The normalized spacial score (nSPS) is 17.8. The highest BCUT2D eigenvalue weighted by molar-refractivity contribution is 7.89. The number of nitrogens with two attached hydrogens (primary N) is 1. The summed E-state index contributed by atoms with van der Waals surface area (Å²) in [5, 5.41) is 9.24. The second-order valence-corrected chi connectivity index (χ2v) is 5.77. The van der Waals surface area contributed by atoms with E-state index in [0.29, 0.717) is 13.1 Å². The van der Waals surface area contributed by atoms with Crippen LogP contribution in [0.25, 0.3) is 0 Å².